The topological polar surface area (TPSA) is 198 Å². The van der Waals surface area contributed by atoms with E-state index in [2.05, 4.69) is 39.8 Å². The van der Waals surface area contributed by atoms with Gasteiger partial charge in [-0.1, -0.05) is 41.8 Å². The van der Waals surface area contributed by atoms with Gasteiger partial charge in [0.15, 0.2) is 12.0 Å². The number of alkyl carbamates (subject to hydrolysis) is 1. The maximum Gasteiger partial charge on any atom is 0.416 e. The van der Waals surface area contributed by atoms with Crippen LogP contribution < -0.4 is 30.5 Å². The Balaban J connectivity index is 1.51. The molecule has 0 spiro atoms. The van der Waals surface area contributed by atoms with Gasteiger partial charge in [-0.15, -0.1) is 6.42 Å². The van der Waals surface area contributed by atoms with Gasteiger partial charge >= 0.3 is 12.2 Å². The molecule has 2 heterocycles. The Morgan fingerprint density at radius 2 is 1.91 bits per heavy atom. The first kappa shape index (κ1) is 39.3. The summed E-state index contributed by atoms with van der Waals surface area (Å²) in [6.07, 6.45) is 6.00. The highest BCUT2D eigenvalue weighted by Gasteiger charge is 2.53. The van der Waals surface area contributed by atoms with Gasteiger partial charge in [-0.2, -0.15) is 0 Å². The third kappa shape index (κ3) is 9.05. The Kier molecular flexibility index (Phi) is 12.7. The van der Waals surface area contributed by atoms with E-state index in [9.17, 15) is 29.1 Å². The van der Waals surface area contributed by atoms with Crippen LogP contribution in [0, 0.1) is 12.3 Å². The molecule has 17 heteroatoms. The number of aliphatic hydroxyl groups excluding tert-OH is 1. The zero-order valence-corrected chi connectivity index (χ0v) is 29.5. The molecule has 5 amide bonds. The van der Waals surface area contributed by atoms with Crippen molar-refractivity contribution in [2.24, 2.45) is 0 Å². The molecule has 4 N–H and O–H groups in total. The highest BCUT2D eigenvalue weighted by molar-refractivity contribution is 6.07. The van der Waals surface area contributed by atoms with Crippen LogP contribution in [-0.4, -0.2) is 83.0 Å². The largest absolute Gasteiger partial charge is 0.493 e. The van der Waals surface area contributed by atoms with Crippen LogP contribution >= 0.6 is 0 Å². The zero-order valence-electron chi connectivity index (χ0n) is 29.5. The van der Waals surface area contributed by atoms with Gasteiger partial charge in [0.2, 0.25) is 17.6 Å². The highest BCUT2D eigenvalue weighted by atomic mass is 17.3. The summed E-state index contributed by atoms with van der Waals surface area (Å²) in [5, 5.41) is 20.2. The molecule has 53 heavy (non-hydrogen) atoms. The van der Waals surface area contributed by atoms with Crippen molar-refractivity contribution in [3.05, 3.63) is 84.9 Å². The lowest BCUT2D eigenvalue weighted by Gasteiger charge is -2.40. The van der Waals surface area contributed by atoms with Crippen molar-refractivity contribution in [3.63, 3.8) is 0 Å². The van der Waals surface area contributed by atoms with Crippen LogP contribution in [0.3, 0.4) is 0 Å². The molecule has 0 aliphatic carbocycles. The number of nitrogens with one attached hydrogen (secondary N) is 3. The van der Waals surface area contributed by atoms with E-state index < -0.39 is 54.3 Å². The summed E-state index contributed by atoms with van der Waals surface area (Å²) in [6.45, 7) is 11.1. The molecule has 2 aromatic carbocycles. The fourth-order valence-electron chi connectivity index (χ4n) is 5.53. The molecule has 3 atom stereocenters. The average molecular weight is 733 g/mol. The van der Waals surface area contributed by atoms with Crippen molar-refractivity contribution in [1.29, 1.82) is 0 Å². The minimum absolute atomic E-state index is 0.00841. The number of fused-ring (bicyclic) bond motifs is 2. The van der Waals surface area contributed by atoms with Crippen LogP contribution in [-0.2, 0) is 30.7 Å². The van der Waals surface area contributed by atoms with E-state index in [1.165, 1.54) is 37.3 Å². The molecule has 17 nitrogen and oxygen atoms in total. The minimum atomic E-state index is -1.58. The molecule has 280 valence electrons. The number of nitrogens with zero attached hydrogens (tertiary/aromatic N) is 3. The van der Waals surface area contributed by atoms with Crippen molar-refractivity contribution in [2.45, 2.75) is 51.6 Å². The van der Waals surface area contributed by atoms with Crippen LogP contribution in [0.15, 0.2) is 73.8 Å². The lowest BCUT2D eigenvalue weighted by atomic mass is 9.93. The van der Waals surface area contributed by atoms with Crippen molar-refractivity contribution in [3.8, 4) is 23.8 Å². The summed E-state index contributed by atoms with van der Waals surface area (Å²) in [5.74, 6) is 0.748. The van der Waals surface area contributed by atoms with Crippen molar-refractivity contribution < 1.29 is 53.2 Å². The van der Waals surface area contributed by atoms with Crippen molar-refractivity contribution >= 4 is 41.3 Å². The first-order chi connectivity index (χ1) is 25.3. The SMILES string of the molecule is C#CCN(C=C)OOc1cc2c(cc1OC)C(=O)N1C=C(C)C[C@@]1(C)[C@H](O)N2C(=O)OCc1ccc(NC(=O)[C@H](C)NC(=O)CNC(=O)OC=C)cc1. The van der Waals surface area contributed by atoms with Crippen LogP contribution in [0.2, 0.25) is 0 Å². The molecular formula is C36H40N6O11. The standard InChI is InChI=1S/C36H40N6O11/c1-8-15-40(9-2)53-52-29-17-27-26(16-28(29)49-7)32(45)41-20-22(4)18-36(41,6)33(46)42(27)35(48)51-21-24-11-13-25(14-12-24)39-31(44)23(5)38-30(43)19-37-34(47)50-10-3/h1,9-14,16-17,20,23,33,46H,2-3,15,18-19,21H2,4-7H3,(H,37,47)(H,38,43)(H,39,44)/t23-,33-,36-/m0/s1. The molecule has 0 saturated heterocycles. The van der Waals surface area contributed by atoms with Gasteiger partial charge < -0.3 is 45.1 Å². The number of aliphatic hydroxyl groups is 1. The Hall–Kier alpha value is -6.51. The predicted molar refractivity (Wildman–Crippen MR) is 189 cm³/mol. The van der Waals surface area contributed by atoms with Gasteiger partial charge in [-0.3, -0.25) is 14.4 Å². The number of ether oxygens (including phenoxy) is 3. The predicted octanol–water partition coefficient (Wildman–Crippen LogP) is 3.30. The van der Waals surface area contributed by atoms with Crippen LogP contribution in [0.25, 0.3) is 0 Å². The average Bonchev–Trinajstić information content (AvgIpc) is 3.43. The number of carbonyl (C=O) groups is 5. The summed E-state index contributed by atoms with van der Waals surface area (Å²) in [7, 11) is 1.36. The van der Waals surface area contributed by atoms with E-state index in [1.54, 1.807) is 37.4 Å². The van der Waals surface area contributed by atoms with E-state index in [0.29, 0.717) is 11.3 Å². The number of carbonyl (C=O) groups excluding carboxylic acids is 5. The lowest BCUT2D eigenvalue weighted by molar-refractivity contribution is -0.344. The number of anilines is 2. The summed E-state index contributed by atoms with van der Waals surface area (Å²) in [5.41, 5.74) is 0.422. The quantitative estimate of drug-likeness (QED) is 0.0959. The van der Waals surface area contributed by atoms with Crippen LogP contribution in [0.1, 0.15) is 43.1 Å². The maximum absolute atomic E-state index is 14.0. The molecule has 2 aliphatic heterocycles. The van der Waals surface area contributed by atoms with Crippen molar-refractivity contribution in [2.75, 3.05) is 30.4 Å². The number of amides is 5. The maximum atomic E-state index is 14.0. The lowest BCUT2D eigenvalue weighted by Crippen LogP contribution is -2.58. The van der Waals surface area contributed by atoms with Gasteiger partial charge in [0.05, 0.1) is 30.2 Å². The van der Waals surface area contributed by atoms with Gasteiger partial charge in [-0.25, -0.2) is 19.6 Å². The molecule has 0 fully saturated rings. The van der Waals surface area contributed by atoms with Crippen molar-refractivity contribution in [1.82, 2.24) is 20.6 Å². The molecule has 0 saturated carbocycles. The Morgan fingerprint density at radius 3 is 2.55 bits per heavy atom. The monoisotopic (exact) mass is 732 g/mol. The number of hydrogen-bond acceptors (Lipinski definition) is 12. The van der Waals surface area contributed by atoms with E-state index in [-0.39, 0.29) is 42.3 Å². The molecule has 4 rings (SSSR count). The smallest absolute Gasteiger partial charge is 0.416 e. The van der Waals surface area contributed by atoms with Gasteiger partial charge in [-0.05, 0) is 51.0 Å². The van der Waals surface area contributed by atoms with E-state index in [4.69, 9.17) is 25.8 Å². The van der Waals surface area contributed by atoms with E-state index in [0.717, 1.165) is 21.8 Å². The van der Waals surface area contributed by atoms with E-state index in [1.807, 2.05) is 6.92 Å². The number of hydrogen-bond donors (Lipinski definition) is 4. The first-order valence-corrected chi connectivity index (χ1v) is 16.0. The molecule has 0 bridgehead atoms. The fourth-order valence-corrected chi connectivity index (χ4v) is 5.53. The van der Waals surface area contributed by atoms with Crippen LogP contribution in [0.5, 0.6) is 11.5 Å². The molecule has 2 aliphatic rings. The second-order valence-corrected chi connectivity index (χ2v) is 12.0. The van der Waals surface area contributed by atoms with E-state index >= 15 is 0 Å². The van der Waals surface area contributed by atoms with Gasteiger partial charge in [0.25, 0.3) is 5.91 Å². The van der Waals surface area contributed by atoms with Gasteiger partial charge in [0.1, 0.15) is 25.7 Å². The minimum Gasteiger partial charge on any atom is -0.493 e. The Labute approximate surface area is 305 Å². The summed E-state index contributed by atoms with van der Waals surface area (Å²) in [4.78, 5) is 76.9. The fraction of sp³-hybridized carbons (Fsp3) is 0.306. The second kappa shape index (κ2) is 17.1. The normalized spacial score (nSPS) is 17.7. The van der Waals surface area contributed by atoms with Gasteiger partial charge in [0, 0.05) is 24.2 Å². The molecule has 2 aromatic rings. The van der Waals surface area contributed by atoms with Crippen LogP contribution in [0.4, 0.5) is 21.0 Å². The number of methoxy groups -OCH3 is 1. The number of rotatable bonds is 14. The Bertz CT molecular complexity index is 1840. The second-order valence-electron chi connectivity index (χ2n) is 12.0. The first-order valence-electron chi connectivity index (χ1n) is 16.0. The molecule has 0 unspecified atom stereocenters. The number of benzene rings is 2. The number of terminal acetylenes is 1. The Morgan fingerprint density at radius 1 is 1.19 bits per heavy atom. The summed E-state index contributed by atoms with van der Waals surface area (Å²) in [6, 6.07) is 8.04. The summed E-state index contributed by atoms with van der Waals surface area (Å²) < 4.78 is 15.6. The zero-order chi connectivity index (χ0) is 38.9. The third-order valence-corrected chi connectivity index (χ3v) is 8.14. The molecular weight excluding hydrogens is 692 g/mol. The molecule has 0 radical (unpaired) electrons. The summed E-state index contributed by atoms with van der Waals surface area (Å²) >= 11 is 0. The highest BCUT2D eigenvalue weighted by Crippen LogP contribution is 2.46. The molecule has 0 aromatic heterocycles. The number of hydroxylamine groups is 2. The third-order valence-electron chi connectivity index (χ3n) is 8.14.